The third kappa shape index (κ3) is 21.5. The number of rotatable bonds is 24. The largest absolute Gasteiger partial charge is 0.325 e. The van der Waals surface area contributed by atoms with Gasteiger partial charge in [-0.2, -0.15) is 0 Å². The van der Waals surface area contributed by atoms with E-state index in [1.54, 1.807) is 0 Å². The van der Waals surface area contributed by atoms with Gasteiger partial charge in [0.15, 0.2) is 0 Å². The summed E-state index contributed by atoms with van der Waals surface area (Å²) in [6, 6.07) is 0. The van der Waals surface area contributed by atoms with Gasteiger partial charge in [-0.05, 0) is 25.7 Å². The topological polar surface area (TPSA) is 0 Å². The molecule has 0 aromatic carbocycles. The lowest BCUT2D eigenvalue weighted by molar-refractivity contribution is -0.907. The molecule has 0 unspecified atom stereocenters. The molecule has 0 heterocycles. The highest BCUT2D eigenvalue weighted by atomic mass is 79.9. The minimum Gasteiger partial charge on any atom is -0.325 e. The summed E-state index contributed by atoms with van der Waals surface area (Å²) in [6.45, 7) is 8.69. The van der Waals surface area contributed by atoms with Crippen molar-refractivity contribution in [1.29, 1.82) is 0 Å². The van der Waals surface area contributed by atoms with Gasteiger partial charge in [-0.1, -0.05) is 133 Å². The molecule has 0 fully saturated rings. The maximum atomic E-state index is 3.71. The fourth-order valence-electron chi connectivity index (χ4n) is 4.50. The molecule has 0 spiro atoms. The smallest absolute Gasteiger partial charge is 0.0883 e. The Bertz CT molecular complexity index is 281. The first-order valence-electron chi connectivity index (χ1n) is 13.6. The number of unbranched alkanes of at least 4 members (excludes halogenated alkanes) is 18. The monoisotopic (exact) mass is 474 g/mol. The lowest BCUT2D eigenvalue weighted by Crippen LogP contribution is -2.46. The lowest BCUT2D eigenvalue weighted by Gasteiger charge is -2.34. The SMILES string of the molecule is CCCCCCCCCCCC[N+](C)(CCBr)CCCCCCCCCCCC. The zero-order valence-corrected chi connectivity index (χ0v) is 22.4. The van der Waals surface area contributed by atoms with Crippen molar-refractivity contribution < 1.29 is 4.48 Å². The van der Waals surface area contributed by atoms with Crippen LogP contribution in [0.1, 0.15) is 142 Å². The molecule has 0 atom stereocenters. The second-order valence-electron chi connectivity index (χ2n) is 9.84. The highest BCUT2D eigenvalue weighted by molar-refractivity contribution is 9.09. The van der Waals surface area contributed by atoms with E-state index in [1.165, 1.54) is 153 Å². The second kappa shape index (κ2) is 23.1. The van der Waals surface area contributed by atoms with E-state index in [0.29, 0.717) is 0 Å². The van der Waals surface area contributed by atoms with E-state index in [2.05, 4.69) is 36.8 Å². The van der Waals surface area contributed by atoms with Crippen LogP contribution in [0.4, 0.5) is 0 Å². The third-order valence-electron chi connectivity index (χ3n) is 6.73. The van der Waals surface area contributed by atoms with Gasteiger partial charge in [0.2, 0.25) is 0 Å². The van der Waals surface area contributed by atoms with E-state index in [-0.39, 0.29) is 0 Å². The quantitative estimate of drug-likeness (QED) is 0.0740. The third-order valence-corrected chi connectivity index (χ3v) is 7.08. The Morgan fingerprint density at radius 3 is 0.966 bits per heavy atom. The van der Waals surface area contributed by atoms with Crippen molar-refractivity contribution in [2.75, 3.05) is 32.0 Å². The average molecular weight is 476 g/mol. The fourth-order valence-corrected chi connectivity index (χ4v) is 5.36. The predicted octanol–water partition coefficient (Wildman–Crippen LogP) is 9.67. The minimum atomic E-state index is 1.15. The number of quaternary nitrogens is 1. The molecule has 0 amide bonds. The number of hydrogen-bond acceptors (Lipinski definition) is 0. The predicted molar refractivity (Wildman–Crippen MR) is 138 cm³/mol. The summed E-state index contributed by atoms with van der Waals surface area (Å²) in [4.78, 5) is 0. The second-order valence-corrected chi connectivity index (χ2v) is 10.6. The van der Waals surface area contributed by atoms with Crippen molar-refractivity contribution in [2.45, 2.75) is 142 Å². The molecule has 29 heavy (non-hydrogen) atoms. The summed E-state index contributed by atoms with van der Waals surface area (Å²) >= 11 is 3.71. The van der Waals surface area contributed by atoms with Crippen LogP contribution < -0.4 is 0 Å². The molecule has 0 aliphatic rings. The molecule has 0 rings (SSSR count). The van der Waals surface area contributed by atoms with Crippen LogP contribution in [0.5, 0.6) is 0 Å². The van der Waals surface area contributed by atoms with E-state index in [0.717, 1.165) is 5.33 Å². The molecule has 2 heteroatoms. The Labute approximate surface area is 194 Å². The molecule has 176 valence electrons. The Balaban J connectivity index is 3.61. The van der Waals surface area contributed by atoms with Crippen molar-refractivity contribution >= 4 is 15.9 Å². The van der Waals surface area contributed by atoms with Gasteiger partial charge in [0.05, 0.1) is 32.0 Å². The van der Waals surface area contributed by atoms with Crippen molar-refractivity contribution in [2.24, 2.45) is 0 Å². The van der Waals surface area contributed by atoms with E-state index < -0.39 is 0 Å². The molecule has 0 saturated heterocycles. The van der Waals surface area contributed by atoms with Crippen LogP contribution in [-0.4, -0.2) is 36.5 Å². The molecule has 0 saturated carbocycles. The molecule has 0 aromatic rings. The zero-order valence-electron chi connectivity index (χ0n) is 20.8. The van der Waals surface area contributed by atoms with Crippen molar-refractivity contribution in [3.05, 3.63) is 0 Å². The van der Waals surface area contributed by atoms with Crippen LogP contribution in [0.25, 0.3) is 0 Å². The van der Waals surface area contributed by atoms with Gasteiger partial charge in [0, 0.05) is 0 Å². The van der Waals surface area contributed by atoms with Crippen LogP contribution in [0.2, 0.25) is 0 Å². The fraction of sp³-hybridized carbons (Fsp3) is 1.00. The van der Waals surface area contributed by atoms with Gasteiger partial charge < -0.3 is 4.48 Å². The maximum Gasteiger partial charge on any atom is 0.0883 e. The highest BCUT2D eigenvalue weighted by Crippen LogP contribution is 2.15. The summed E-state index contributed by atoms with van der Waals surface area (Å²) in [5.74, 6) is 0. The van der Waals surface area contributed by atoms with E-state index in [9.17, 15) is 0 Å². The number of nitrogens with zero attached hydrogens (tertiary/aromatic N) is 1. The van der Waals surface area contributed by atoms with Crippen LogP contribution in [0.15, 0.2) is 0 Å². The summed E-state index contributed by atoms with van der Waals surface area (Å²) in [7, 11) is 2.50. The van der Waals surface area contributed by atoms with Crippen LogP contribution >= 0.6 is 15.9 Å². The molecule has 0 bridgehead atoms. The summed E-state index contributed by atoms with van der Waals surface area (Å²) in [5, 5.41) is 1.15. The molecule has 1 nitrogen and oxygen atoms in total. The van der Waals surface area contributed by atoms with Crippen molar-refractivity contribution in [1.82, 2.24) is 0 Å². The molecule has 0 N–H and O–H groups in total. The first-order chi connectivity index (χ1) is 14.2. The zero-order chi connectivity index (χ0) is 21.5. The van der Waals surface area contributed by atoms with Gasteiger partial charge in [-0.15, -0.1) is 0 Å². The number of hydrogen-bond donors (Lipinski definition) is 0. The van der Waals surface area contributed by atoms with Gasteiger partial charge in [-0.25, -0.2) is 0 Å². The molecule has 0 aliphatic carbocycles. The molecular formula is C27H57BrN+. The van der Waals surface area contributed by atoms with Gasteiger partial charge in [0.1, 0.15) is 0 Å². The van der Waals surface area contributed by atoms with Crippen LogP contribution in [-0.2, 0) is 0 Å². The van der Waals surface area contributed by atoms with Crippen molar-refractivity contribution in [3.63, 3.8) is 0 Å². The number of alkyl halides is 1. The lowest BCUT2D eigenvalue weighted by atomic mass is 10.1. The summed E-state index contributed by atoms with van der Waals surface area (Å²) in [5.41, 5.74) is 0. The molecule has 0 aliphatic heterocycles. The Kier molecular flexibility index (Phi) is 23.5. The Hall–Kier alpha value is 0.440. The number of halogens is 1. The standard InChI is InChI=1S/C27H57BrN/c1-4-6-8-10-12-14-16-18-20-22-25-29(3,27-24-28)26-23-21-19-17-15-13-11-9-7-5-2/h4-27H2,1-3H3/q+1. The summed E-state index contributed by atoms with van der Waals surface area (Å²) < 4.78 is 1.29. The van der Waals surface area contributed by atoms with E-state index >= 15 is 0 Å². The molecule has 0 radical (unpaired) electrons. The normalized spacial score (nSPS) is 12.0. The van der Waals surface area contributed by atoms with Gasteiger partial charge in [-0.3, -0.25) is 0 Å². The van der Waals surface area contributed by atoms with Gasteiger partial charge in [0.25, 0.3) is 0 Å². The van der Waals surface area contributed by atoms with Crippen LogP contribution in [0, 0.1) is 0 Å². The Morgan fingerprint density at radius 2 is 0.690 bits per heavy atom. The first kappa shape index (κ1) is 29.4. The Morgan fingerprint density at radius 1 is 0.414 bits per heavy atom. The first-order valence-corrected chi connectivity index (χ1v) is 14.7. The van der Waals surface area contributed by atoms with E-state index in [1.807, 2.05) is 0 Å². The highest BCUT2D eigenvalue weighted by Gasteiger charge is 2.19. The van der Waals surface area contributed by atoms with E-state index in [4.69, 9.17) is 0 Å². The van der Waals surface area contributed by atoms with Crippen LogP contribution in [0.3, 0.4) is 0 Å². The van der Waals surface area contributed by atoms with Gasteiger partial charge >= 0.3 is 0 Å². The molecule has 0 aromatic heterocycles. The minimum absolute atomic E-state index is 1.15. The average Bonchev–Trinajstić information content (AvgIpc) is 2.71. The summed E-state index contributed by atoms with van der Waals surface area (Å²) in [6.07, 6.45) is 28.9. The molecular weight excluding hydrogens is 418 g/mol. The van der Waals surface area contributed by atoms with Crippen molar-refractivity contribution in [3.8, 4) is 0 Å². The maximum absolute atomic E-state index is 3.71.